The van der Waals surface area contributed by atoms with Crippen LogP contribution >= 0.6 is 11.8 Å². The molecule has 0 N–H and O–H groups in total. The molecule has 0 aromatic heterocycles. The van der Waals surface area contributed by atoms with Crippen molar-refractivity contribution in [3.63, 3.8) is 0 Å². The first-order chi connectivity index (χ1) is 4.33. The molecular formula is C6H12O2S. The van der Waals surface area contributed by atoms with Crippen molar-refractivity contribution < 1.29 is 9.47 Å². The van der Waals surface area contributed by atoms with E-state index in [2.05, 4.69) is 0 Å². The Kier molecular flexibility index (Phi) is 2.38. The van der Waals surface area contributed by atoms with Gasteiger partial charge in [0.2, 0.25) is 0 Å². The molecule has 9 heavy (non-hydrogen) atoms. The maximum absolute atomic E-state index is 5.02. The second-order valence-electron chi connectivity index (χ2n) is 2.34. The SMILES string of the molecule is COCC1(COC)CS1. The highest BCUT2D eigenvalue weighted by Gasteiger charge is 2.43. The Bertz CT molecular complexity index is 83.1. The van der Waals surface area contributed by atoms with Gasteiger partial charge in [0.15, 0.2) is 0 Å². The minimum atomic E-state index is 0.323. The van der Waals surface area contributed by atoms with E-state index in [4.69, 9.17) is 9.47 Å². The van der Waals surface area contributed by atoms with Crippen LogP contribution in [0.1, 0.15) is 0 Å². The second-order valence-corrected chi connectivity index (χ2v) is 3.78. The first-order valence-corrected chi connectivity index (χ1v) is 3.93. The summed E-state index contributed by atoms with van der Waals surface area (Å²) in [4.78, 5) is 0. The molecule has 0 aromatic carbocycles. The molecule has 1 fully saturated rings. The number of hydrogen-bond acceptors (Lipinski definition) is 3. The summed E-state index contributed by atoms with van der Waals surface area (Å²) < 4.78 is 10.4. The molecule has 0 unspecified atom stereocenters. The summed E-state index contributed by atoms with van der Waals surface area (Å²) >= 11 is 1.91. The molecule has 0 saturated carbocycles. The fraction of sp³-hybridized carbons (Fsp3) is 1.00. The van der Waals surface area contributed by atoms with E-state index in [-0.39, 0.29) is 0 Å². The van der Waals surface area contributed by atoms with Gasteiger partial charge in [-0.15, -0.1) is 11.8 Å². The van der Waals surface area contributed by atoms with Crippen LogP contribution in [0, 0.1) is 0 Å². The summed E-state index contributed by atoms with van der Waals surface area (Å²) in [7, 11) is 3.46. The van der Waals surface area contributed by atoms with Crippen molar-refractivity contribution in [1.29, 1.82) is 0 Å². The number of ether oxygens (including phenoxy) is 2. The molecule has 1 aliphatic rings. The third-order valence-corrected chi connectivity index (χ3v) is 2.71. The van der Waals surface area contributed by atoms with Gasteiger partial charge < -0.3 is 9.47 Å². The van der Waals surface area contributed by atoms with Crippen molar-refractivity contribution in [2.45, 2.75) is 4.75 Å². The van der Waals surface area contributed by atoms with E-state index in [1.165, 1.54) is 5.75 Å². The highest BCUT2D eigenvalue weighted by molar-refractivity contribution is 8.08. The van der Waals surface area contributed by atoms with Crippen molar-refractivity contribution in [3.8, 4) is 0 Å². The molecule has 2 nitrogen and oxygen atoms in total. The fourth-order valence-corrected chi connectivity index (χ4v) is 1.61. The lowest BCUT2D eigenvalue weighted by Gasteiger charge is -2.09. The molecule has 1 heterocycles. The Labute approximate surface area is 59.9 Å². The van der Waals surface area contributed by atoms with Crippen LogP contribution in [0.5, 0.6) is 0 Å². The molecule has 0 amide bonds. The summed E-state index contributed by atoms with van der Waals surface area (Å²) in [5, 5.41) is 0. The lowest BCUT2D eigenvalue weighted by molar-refractivity contribution is 0.122. The average molecular weight is 148 g/mol. The zero-order valence-electron chi connectivity index (χ0n) is 5.85. The van der Waals surface area contributed by atoms with Crippen molar-refractivity contribution >= 4 is 11.8 Å². The van der Waals surface area contributed by atoms with Crippen molar-refractivity contribution in [2.24, 2.45) is 0 Å². The van der Waals surface area contributed by atoms with Gasteiger partial charge in [0.05, 0.1) is 18.0 Å². The summed E-state index contributed by atoms with van der Waals surface area (Å²) in [6, 6.07) is 0. The zero-order valence-corrected chi connectivity index (χ0v) is 6.66. The van der Waals surface area contributed by atoms with Crippen molar-refractivity contribution in [3.05, 3.63) is 0 Å². The molecular weight excluding hydrogens is 136 g/mol. The van der Waals surface area contributed by atoms with Crippen LogP contribution in [0.2, 0.25) is 0 Å². The molecule has 1 saturated heterocycles. The van der Waals surface area contributed by atoms with E-state index < -0.39 is 0 Å². The fourth-order valence-electron chi connectivity index (χ4n) is 0.836. The summed E-state index contributed by atoms with van der Waals surface area (Å²) in [6.45, 7) is 1.65. The number of hydrogen-bond donors (Lipinski definition) is 0. The molecule has 0 aromatic rings. The molecule has 1 rings (SSSR count). The lowest BCUT2D eigenvalue weighted by atomic mass is 10.2. The smallest absolute Gasteiger partial charge is 0.0716 e. The molecule has 0 aliphatic carbocycles. The maximum Gasteiger partial charge on any atom is 0.0716 e. The van der Waals surface area contributed by atoms with Crippen LogP contribution in [0.15, 0.2) is 0 Å². The number of thioether (sulfide) groups is 1. The van der Waals surface area contributed by atoms with Crippen LogP contribution in [0.4, 0.5) is 0 Å². The van der Waals surface area contributed by atoms with Gasteiger partial charge in [-0.1, -0.05) is 0 Å². The number of methoxy groups -OCH3 is 2. The third-order valence-electron chi connectivity index (χ3n) is 1.37. The van der Waals surface area contributed by atoms with E-state index >= 15 is 0 Å². The zero-order chi connectivity index (χ0) is 6.74. The van der Waals surface area contributed by atoms with Gasteiger partial charge in [-0.05, 0) is 0 Å². The lowest BCUT2D eigenvalue weighted by Crippen LogP contribution is -2.22. The molecule has 1 aliphatic heterocycles. The summed E-state index contributed by atoms with van der Waals surface area (Å²) in [6.07, 6.45) is 0. The third kappa shape index (κ3) is 1.85. The van der Waals surface area contributed by atoms with Crippen LogP contribution in [-0.2, 0) is 9.47 Å². The Morgan fingerprint density at radius 3 is 2.00 bits per heavy atom. The highest BCUT2D eigenvalue weighted by Crippen LogP contribution is 2.44. The molecule has 3 heteroatoms. The van der Waals surface area contributed by atoms with E-state index in [1.54, 1.807) is 14.2 Å². The molecule has 0 radical (unpaired) electrons. The van der Waals surface area contributed by atoms with Gasteiger partial charge >= 0.3 is 0 Å². The molecule has 0 spiro atoms. The minimum absolute atomic E-state index is 0.323. The van der Waals surface area contributed by atoms with Crippen LogP contribution in [0.25, 0.3) is 0 Å². The summed E-state index contributed by atoms with van der Waals surface area (Å²) in [5.74, 6) is 1.19. The first-order valence-electron chi connectivity index (χ1n) is 2.95. The predicted octanol–water partition coefficient (Wildman–Crippen LogP) is 0.765. The van der Waals surface area contributed by atoms with E-state index in [0.29, 0.717) is 4.75 Å². The maximum atomic E-state index is 5.02. The van der Waals surface area contributed by atoms with Gasteiger partial charge in [0.25, 0.3) is 0 Å². The average Bonchev–Trinajstić information content (AvgIpc) is 2.51. The van der Waals surface area contributed by atoms with Gasteiger partial charge in [0.1, 0.15) is 0 Å². The Hall–Kier alpha value is 0.270. The topological polar surface area (TPSA) is 18.5 Å². The van der Waals surface area contributed by atoms with Gasteiger partial charge in [-0.25, -0.2) is 0 Å². The predicted molar refractivity (Wildman–Crippen MR) is 38.9 cm³/mol. The standard InChI is InChI=1S/C6H12O2S/c1-7-3-6(4-8-2)5-9-6/h3-5H2,1-2H3. The monoisotopic (exact) mass is 148 g/mol. The largest absolute Gasteiger partial charge is 0.383 e. The first kappa shape index (κ1) is 7.38. The number of rotatable bonds is 4. The van der Waals surface area contributed by atoms with E-state index in [1.807, 2.05) is 11.8 Å². The van der Waals surface area contributed by atoms with E-state index in [0.717, 1.165) is 13.2 Å². The quantitative estimate of drug-likeness (QED) is 0.548. The van der Waals surface area contributed by atoms with Gasteiger partial charge in [-0.3, -0.25) is 0 Å². The molecule has 54 valence electrons. The molecule has 0 bridgehead atoms. The van der Waals surface area contributed by atoms with Crippen molar-refractivity contribution in [2.75, 3.05) is 33.2 Å². The summed E-state index contributed by atoms with van der Waals surface area (Å²) in [5.41, 5.74) is 0. The van der Waals surface area contributed by atoms with Crippen LogP contribution < -0.4 is 0 Å². The normalized spacial score (nSPS) is 22.0. The Morgan fingerprint density at radius 2 is 1.78 bits per heavy atom. The van der Waals surface area contributed by atoms with Gasteiger partial charge in [-0.2, -0.15) is 0 Å². The van der Waals surface area contributed by atoms with E-state index in [9.17, 15) is 0 Å². The second kappa shape index (κ2) is 2.90. The molecule has 0 atom stereocenters. The van der Waals surface area contributed by atoms with Crippen LogP contribution in [0.3, 0.4) is 0 Å². The minimum Gasteiger partial charge on any atom is -0.383 e. The van der Waals surface area contributed by atoms with Crippen molar-refractivity contribution in [1.82, 2.24) is 0 Å². The Balaban J connectivity index is 2.17. The highest BCUT2D eigenvalue weighted by atomic mass is 32.2. The van der Waals surface area contributed by atoms with Gasteiger partial charge in [0, 0.05) is 20.0 Å². The Morgan fingerprint density at radius 1 is 1.33 bits per heavy atom. The van der Waals surface area contributed by atoms with Crippen LogP contribution in [-0.4, -0.2) is 37.9 Å².